The zero-order chi connectivity index (χ0) is 10.6. The molecule has 0 atom stereocenters. The third kappa shape index (κ3) is 5.32. The first-order chi connectivity index (χ1) is 6.53. The van der Waals surface area contributed by atoms with E-state index in [2.05, 4.69) is 24.1 Å². The van der Waals surface area contributed by atoms with Crippen LogP contribution < -0.4 is 11.1 Å². The molecule has 0 unspecified atom stereocenters. The van der Waals surface area contributed by atoms with Gasteiger partial charge in [0.15, 0.2) is 5.13 Å². The van der Waals surface area contributed by atoms with E-state index in [0.717, 1.165) is 11.4 Å². The van der Waals surface area contributed by atoms with Crippen LogP contribution in [0.15, 0.2) is 6.20 Å². The Hall–Kier alpha value is -0.360. The predicted molar refractivity (Wildman–Crippen MR) is 66.6 cm³/mol. The van der Waals surface area contributed by atoms with Crippen molar-refractivity contribution in [2.24, 2.45) is 0 Å². The molecule has 0 saturated heterocycles. The second-order valence-electron chi connectivity index (χ2n) is 3.84. The first kappa shape index (κ1) is 14.6. The Morgan fingerprint density at radius 2 is 2.27 bits per heavy atom. The molecule has 0 aliphatic carbocycles. The number of nitrogens with zero attached hydrogens (tertiary/aromatic N) is 1. The first-order valence-corrected chi connectivity index (χ1v) is 5.29. The number of hydrogen-bond donors (Lipinski definition) is 2. The standard InChI is InChI=1S/C9H17N3OS.ClH/c1-9(2,6-13-3)12-5-7-4-11-8(10)14-7;/h4,12H,5-6H2,1-3H3,(H2,10,11);1H. The van der Waals surface area contributed by atoms with Crippen molar-refractivity contribution in [1.29, 1.82) is 0 Å². The van der Waals surface area contributed by atoms with E-state index in [1.807, 2.05) is 0 Å². The highest BCUT2D eigenvalue weighted by atomic mass is 35.5. The average Bonchev–Trinajstić information content (AvgIpc) is 2.48. The van der Waals surface area contributed by atoms with E-state index in [4.69, 9.17) is 10.5 Å². The molecule has 0 aromatic carbocycles. The minimum atomic E-state index is -0.0203. The monoisotopic (exact) mass is 251 g/mol. The first-order valence-electron chi connectivity index (χ1n) is 4.47. The Bertz CT molecular complexity index is 291. The second kappa shape index (κ2) is 6.27. The molecule has 15 heavy (non-hydrogen) atoms. The van der Waals surface area contributed by atoms with E-state index in [9.17, 15) is 0 Å². The minimum Gasteiger partial charge on any atom is -0.383 e. The fourth-order valence-corrected chi connectivity index (χ4v) is 1.77. The van der Waals surface area contributed by atoms with Crippen LogP contribution in [0.2, 0.25) is 0 Å². The largest absolute Gasteiger partial charge is 0.383 e. The van der Waals surface area contributed by atoms with Crippen molar-refractivity contribution in [3.8, 4) is 0 Å². The van der Waals surface area contributed by atoms with E-state index in [1.165, 1.54) is 11.3 Å². The van der Waals surface area contributed by atoms with Crippen LogP contribution in [0.1, 0.15) is 18.7 Å². The maximum absolute atomic E-state index is 5.53. The van der Waals surface area contributed by atoms with Crippen molar-refractivity contribution in [3.05, 3.63) is 11.1 Å². The van der Waals surface area contributed by atoms with Crippen molar-refractivity contribution < 1.29 is 4.74 Å². The summed E-state index contributed by atoms with van der Waals surface area (Å²) in [5, 5.41) is 4.00. The van der Waals surface area contributed by atoms with Gasteiger partial charge in [0.05, 0.1) is 6.61 Å². The molecule has 1 aromatic rings. The summed E-state index contributed by atoms with van der Waals surface area (Å²) in [6.45, 7) is 5.66. The topological polar surface area (TPSA) is 60.2 Å². The molecule has 1 rings (SSSR count). The van der Waals surface area contributed by atoms with E-state index in [-0.39, 0.29) is 17.9 Å². The van der Waals surface area contributed by atoms with Crippen LogP contribution in [0.25, 0.3) is 0 Å². The van der Waals surface area contributed by atoms with Gasteiger partial charge in [-0.2, -0.15) is 0 Å². The maximum Gasteiger partial charge on any atom is 0.180 e. The van der Waals surface area contributed by atoms with Crippen LogP contribution in [0.5, 0.6) is 0 Å². The molecule has 0 saturated carbocycles. The van der Waals surface area contributed by atoms with E-state index >= 15 is 0 Å². The molecule has 0 bridgehead atoms. The fourth-order valence-electron chi connectivity index (χ4n) is 1.14. The summed E-state index contributed by atoms with van der Waals surface area (Å²) in [5.41, 5.74) is 5.51. The second-order valence-corrected chi connectivity index (χ2v) is 4.98. The molecule has 88 valence electrons. The lowest BCUT2D eigenvalue weighted by atomic mass is 10.1. The Balaban J connectivity index is 0.00000196. The molecule has 0 fully saturated rings. The molecule has 1 aromatic heterocycles. The molecule has 0 radical (unpaired) electrons. The van der Waals surface area contributed by atoms with Gasteiger partial charge in [-0.25, -0.2) is 4.98 Å². The molecule has 4 nitrogen and oxygen atoms in total. The van der Waals surface area contributed by atoms with Crippen molar-refractivity contribution in [1.82, 2.24) is 10.3 Å². The van der Waals surface area contributed by atoms with Crippen molar-refractivity contribution in [2.45, 2.75) is 25.9 Å². The fraction of sp³-hybridized carbons (Fsp3) is 0.667. The van der Waals surface area contributed by atoms with Gasteiger partial charge in [-0.3, -0.25) is 0 Å². The smallest absolute Gasteiger partial charge is 0.180 e. The van der Waals surface area contributed by atoms with Crippen molar-refractivity contribution in [3.63, 3.8) is 0 Å². The summed E-state index contributed by atoms with van der Waals surface area (Å²) < 4.78 is 5.10. The highest BCUT2D eigenvalue weighted by Crippen LogP contribution is 2.15. The minimum absolute atomic E-state index is 0. The van der Waals surface area contributed by atoms with E-state index in [1.54, 1.807) is 13.3 Å². The van der Waals surface area contributed by atoms with Crippen LogP contribution in [-0.4, -0.2) is 24.2 Å². The molecule has 0 aliphatic rings. The van der Waals surface area contributed by atoms with Crippen LogP contribution in [0, 0.1) is 0 Å². The molecule has 1 heterocycles. The molecule has 0 spiro atoms. The molecule has 6 heteroatoms. The van der Waals surface area contributed by atoms with Gasteiger partial charge in [-0.05, 0) is 13.8 Å². The van der Waals surface area contributed by atoms with Crippen molar-refractivity contribution >= 4 is 28.9 Å². The SMILES string of the molecule is COCC(C)(C)NCc1cnc(N)s1.Cl. The number of nitrogen functional groups attached to an aromatic ring is 1. The number of thiazole rings is 1. The van der Waals surface area contributed by atoms with Crippen molar-refractivity contribution in [2.75, 3.05) is 19.5 Å². The molecule has 3 N–H and O–H groups in total. The number of anilines is 1. The Morgan fingerprint density at radius 3 is 2.73 bits per heavy atom. The predicted octanol–water partition coefficient (Wildman–Crippen LogP) is 1.66. The molecule has 0 amide bonds. The zero-order valence-corrected chi connectivity index (χ0v) is 10.9. The number of aromatic nitrogens is 1. The lowest BCUT2D eigenvalue weighted by Crippen LogP contribution is -2.42. The number of nitrogens with two attached hydrogens (primary N) is 1. The third-order valence-electron chi connectivity index (χ3n) is 1.82. The Morgan fingerprint density at radius 1 is 1.60 bits per heavy atom. The summed E-state index contributed by atoms with van der Waals surface area (Å²) in [5.74, 6) is 0. The zero-order valence-electron chi connectivity index (χ0n) is 9.24. The summed E-state index contributed by atoms with van der Waals surface area (Å²) in [4.78, 5) is 5.13. The van der Waals surface area contributed by atoms with Gasteiger partial charge in [-0.15, -0.1) is 23.7 Å². The lowest BCUT2D eigenvalue weighted by Gasteiger charge is -2.24. The summed E-state index contributed by atoms with van der Waals surface area (Å²) in [7, 11) is 1.70. The van der Waals surface area contributed by atoms with Gasteiger partial charge in [-0.1, -0.05) is 0 Å². The van der Waals surface area contributed by atoms with Gasteiger partial charge < -0.3 is 15.8 Å². The molecular formula is C9H18ClN3OS. The number of hydrogen-bond acceptors (Lipinski definition) is 5. The number of nitrogens with one attached hydrogen (secondary N) is 1. The highest BCUT2D eigenvalue weighted by molar-refractivity contribution is 7.15. The quantitative estimate of drug-likeness (QED) is 0.836. The Kier molecular flexibility index (Phi) is 6.12. The summed E-state index contributed by atoms with van der Waals surface area (Å²) in [6.07, 6.45) is 1.80. The van der Waals surface area contributed by atoms with Gasteiger partial charge in [0, 0.05) is 30.3 Å². The van der Waals surface area contributed by atoms with Crippen LogP contribution in [0.3, 0.4) is 0 Å². The number of halogens is 1. The van der Waals surface area contributed by atoms with E-state index < -0.39 is 0 Å². The molecular weight excluding hydrogens is 234 g/mol. The highest BCUT2D eigenvalue weighted by Gasteiger charge is 2.16. The van der Waals surface area contributed by atoms with E-state index in [0.29, 0.717) is 11.7 Å². The number of methoxy groups -OCH3 is 1. The number of rotatable bonds is 5. The normalized spacial score (nSPS) is 11.1. The van der Waals surface area contributed by atoms with Gasteiger partial charge in [0.25, 0.3) is 0 Å². The molecule has 0 aliphatic heterocycles. The van der Waals surface area contributed by atoms with Crippen LogP contribution in [-0.2, 0) is 11.3 Å². The summed E-state index contributed by atoms with van der Waals surface area (Å²) in [6, 6.07) is 0. The Labute approximate surface area is 101 Å². The van der Waals surface area contributed by atoms with Gasteiger partial charge >= 0.3 is 0 Å². The number of ether oxygens (including phenoxy) is 1. The maximum atomic E-state index is 5.53. The summed E-state index contributed by atoms with van der Waals surface area (Å²) >= 11 is 1.51. The van der Waals surface area contributed by atoms with Crippen LogP contribution >= 0.6 is 23.7 Å². The third-order valence-corrected chi connectivity index (χ3v) is 2.64. The van der Waals surface area contributed by atoms with Crippen LogP contribution in [0.4, 0.5) is 5.13 Å². The lowest BCUT2D eigenvalue weighted by molar-refractivity contribution is 0.128. The van der Waals surface area contributed by atoms with Gasteiger partial charge in [0.1, 0.15) is 0 Å². The average molecular weight is 252 g/mol. The van der Waals surface area contributed by atoms with Gasteiger partial charge in [0.2, 0.25) is 0 Å².